The molecule has 20 heavy (non-hydrogen) atoms. The van der Waals surface area contributed by atoms with Crippen molar-refractivity contribution in [2.45, 2.75) is 11.4 Å². The van der Waals surface area contributed by atoms with Crippen LogP contribution < -0.4 is 4.72 Å². The summed E-state index contributed by atoms with van der Waals surface area (Å²) in [6, 6.07) is 5.79. The number of nitrogens with zero attached hydrogens (tertiary/aromatic N) is 4. The second-order valence-corrected chi connectivity index (χ2v) is 6.11. The minimum Gasteiger partial charge on any atom is -0.320 e. The maximum Gasteiger partial charge on any atom is 0.241 e. The number of nitriles is 1. The first kappa shape index (κ1) is 14.5. The van der Waals surface area contributed by atoms with E-state index < -0.39 is 10.0 Å². The number of rotatable bonds is 4. The van der Waals surface area contributed by atoms with E-state index in [9.17, 15) is 8.42 Å². The first-order chi connectivity index (χ1) is 9.44. The Labute approximate surface area is 120 Å². The van der Waals surface area contributed by atoms with Crippen molar-refractivity contribution in [3.63, 3.8) is 0 Å². The van der Waals surface area contributed by atoms with Crippen molar-refractivity contribution in [1.29, 1.82) is 5.26 Å². The van der Waals surface area contributed by atoms with E-state index in [4.69, 9.17) is 16.9 Å². The lowest BCUT2D eigenvalue weighted by atomic mass is 10.2. The van der Waals surface area contributed by atoms with Crippen LogP contribution in [0.4, 0.5) is 0 Å². The van der Waals surface area contributed by atoms with Crippen molar-refractivity contribution in [2.75, 3.05) is 0 Å². The molecule has 9 heteroatoms. The minimum atomic E-state index is -3.73. The third-order valence-electron chi connectivity index (χ3n) is 2.60. The van der Waals surface area contributed by atoms with Crippen molar-refractivity contribution < 1.29 is 8.42 Å². The second kappa shape index (κ2) is 5.58. The number of aromatic nitrogens is 3. The molecule has 1 aromatic carbocycles. The van der Waals surface area contributed by atoms with Crippen LogP contribution in [0.2, 0.25) is 5.02 Å². The quantitative estimate of drug-likeness (QED) is 0.900. The van der Waals surface area contributed by atoms with Crippen molar-refractivity contribution in [3.8, 4) is 6.07 Å². The first-order valence-corrected chi connectivity index (χ1v) is 7.32. The number of nitrogens with one attached hydrogen (secondary N) is 1. The summed E-state index contributed by atoms with van der Waals surface area (Å²) in [7, 11) is -2.02. The Balaban J connectivity index is 2.21. The SMILES string of the molecule is Cn1cnnc1CNS(=O)(=O)c1ccc(C#N)c(Cl)c1. The van der Waals surface area contributed by atoms with E-state index >= 15 is 0 Å². The Bertz CT molecular complexity index is 778. The molecule has 0 amide bonds. The molecule has 2 rings (SSSR count). The lowest BCUT2D eigenvalue weighted by Gasteiger charge is -2.07. The molecule has 0 spiro atoms. The molecule has 1 N–H and O–H groups in total. The van der Waals surface area contributed by atoms with Gasteiger partial charge >= 0.3 is 0 Å². The summed E-state index contributed by atoms with van der Waals surface area (Å²) in [5, 5.41) is 16.3. The molecule has 1 aromatic heterocycles. The van der Waals surface area contributed by atoms with Gasteiger partial charge in [-0.25, -0.2) is 13.1 Å². The number of sulfonamides is 1. The molecule has 0 unspecified atom stereocenters. The summed E-state index contributed by atoms with van der Waals surface area (Å²) in [6.45, 7) is 0.0104. The van der Waals surface area contributed by atoms with Crippen molar-refractivity contribution in [3.05, 3.63) is 40.9 Å². The molecule has 0 aliphatic carbocycles. The van der Waals surface area contributed by atoms with Gasteiger partial charge in [0.25, 0.3) is 0 Å². The van der Waals surface area contributed by atoms with Gasteiger partial charge in [-0.15, -0.1) is 10.2 Å². The molecule has 0 bridgehead atoms. The molecule has 0 fully saturated rings. The Kier molecular flexibility index (Phi) is 4.04. The van der Waals surface area contributed by atoms with Crippen LogP contribution in [-0.2, 0) is 23.6 Å². The Morgan fingerprint density at radius 2 is 2.25 bits per heavy atom. The second-order valence-electron chi connectivity index (χ2n) is 3.94. The molecule has 0 aliphatic rings. The summed E-state index contributed by atoms with van der Waals surface area (Å²) < 4.78 is 28.2. The molecule has 0 aliphatic heterocycles. The Morgan fingerprint density at radius 1 is 1.50 bits per heavy atom. The van der Waals surface area contributed by atoms with E-state index in [-0.39, 0.29) is 22.0 Å². The zero-order chi connectivity index (χ0) is 14.8. The smallest absolute Gasteiger partial charge is 0.241 e. The monoisotopic (exact) mass is 311 g/mol. The number of halogens is 1. The van der Waals surface area contributed by atoms with Gasteiger partial charge in [0.05, 0.1) is 22.0 Å². The zero-order valence-corrected chi connectivity index (χ0v) is 12.0. The lowest BCUT2D eigenvalue weighted by molar-refractivity contribution is 0.577. The van der Waals surface area contributed by atoms with Crippen LogP contribution in [0.1, 0.15) is 11.4 Å². The van der Waals surface area contributed by atoms with Crippen LogP contribution in [0.15, 0.2) is 29.4 Å². The third-order valence-corrected chi connectivity index (χ3v) is 4.31. The lowest BCUT2D eigenvalue weighted by Crippen LogP contribution is -2.24. The zero-order valence-electron chi connectivity index (χ0n) is 10.4. The van der Waals surface area contributed by atoms with Gasteiger partial charge in [0.15, 0.2) is 0 Å². The Morgan fingerprint density at radius 3 is 2.80 bits per heavy atom. The minimum absolute atomic E-state index is 0.0104. The largest absolute Gasteiger partial charge is 0.320 e. The summed E-state index contributed by atoms with van der Waals surface area (Å²) in [6.07, 6.45) is 1.47. The molecule has 2 aromatic rings. The summed E-state index contributed by atoms with van der Waals surface area (Å²) >= 11 is 5.82. The third kappa shape index (κ3) is 2.96. The average Bonchev–Trinajstić information content (AvgIpc) is 2.82. The fourth-order valence-corrected chi connectivity index (χ4v) is 2.76. The first-order valence-electron chi connectivity index (χ1n) is 5.46. The predicted molar refractivity (Wildman–Crippen MR) is 71.2 cm³/mol. The van der Waals surface area contributed by atoms with Crippen molar-refractivity contribution in [2.24, 2.45) is 7.05 Å². The molecule has 1 heterocycles. The van der Waals surface area contributed by atoms with Gasteiger partial charge in [0.1, 0.15) is 18.2 Å². The normalized spacial score (nSPS) is 11.2. The van der Waals surface area contributed by atoms with Crippen LogP contribution in [0, 0.1) is 11.3 Å². The van der Waals surface area contributed by atoms with E-state index in [0.29, 0.717) is 5.82 Å². The van der Waals surface area contributed by atoms with Gasteiger partial charge in [-0.2, -0.15) is 5.26 Å². The predicted octanol–water partition coefficient (Wildman–Crippen LogP) is 0.819. The van der Waals surface area contributed by atoms with Crippen LogP contribution in [-0.4, -0.2) is 23.2 Å². The van der Waals surface area contributed by atoms with E-state index in [1.54, 1.807) is 11.6 Å². The van der Waals surface area contributed by atoms with Gasteiger partial charge < -0.3 is 4.57 Å². The summed E-state index contributed by atoms with van der Waals surface area (Å²) in [5.41, 5.74) is 0.221. The summed E-state index contributed by atoms with van der Waals surface area (Å²) in [4.78, 5) is -0.0105. The number of aryl methyl sites for hydroxylation is 1. The highest BCUT2D eigenvalue weighted by atomic mass is 35.5. The van der Waals surface area contributed by atoms with Crippen LogP contribution in [0.5, 0.6) is 0 Å². The number of hydrogen-bond donors (Lipinski definition) is 1. The highest BCUT2D eigenvalue weighted by Crippen LogP contribution is 2.20. The van der Waals surface area contributed by atoms with Crippen molar-refractivity contribution >= 4 is 21.6 Å². The maximum atomic E-state index is 12.1. The van der Waals surface area contributed by atoms with Crippen LogP contribution in [0.25, 0.3) is 0 Å². The van der Waals surface area contributed by atoms with Gasteiger partial charge in [0, 0.05) is 7.05 Å². The maximum absolute atomic E-state index is 12.1. The topological polar surface area (TPSA) is 101 Å². The molecule has 7 nitrogen and oxygen atoms in total. The number of hydrogen-bond acceptors (Lipinski definition) is 5. The van der Waals surface area contributed by atoms with Crippen molar-refractivity contribution in [1.82, 2.24) is 19.5 Å². The van der Waals surface area contributed by atoms with E-state index in [1.165, 1.54) is 24.5 Å². The highest BCUT2D eigenvalue weighted by Gasteiger charge is 2.16. The molecule has 104 valence electrons. The van der Waals surface area contributed by atoms with Gasteiger partial charge in [-0.1, -0.05) is 11.6 Å². The standard InChI is InChI=1S/C11H10ClN5O2S/c1-17-7-14-16-11(17)6-15-20(18,19)9-3-2-8(5-13)10(12)4-9/h2-4,7,15H,6H2,1H3. The molecule has 0 radical (unpaired) electrons. The van der Waals surface area contributed by atoms with Crippen LogP contribution >= 0.6 is 11.6 Å². The highest BCUT2D eigenvalue weighted by molar-refractivity contribution is 7.89. The summed E-state index contributed by atoms with van der Waals surface area (Å²) in [5.74, 6) is 0.480. The Hall–Kier alpha value is -1.95. The van der Waals surface area contributed by atoms with E-state index in [0.717, 1.165) is 0 Å². The van der Waals surface area contributed by atoms with Gasteiger partial charge in [-0.05, 0) is 18.2 Å². The fourth-order valence-electron chi connectivity index (χ4n) is 1.46. The molecule has 0 saturated carbocycles. The fraction of sp³-hybridized carbons (Fsp3) is 0.182. The number of benzene rings is 1. The van der Waals surface area contributed by atoms with Gasteiger partial charge in [0.2, 0.25) is 10.0 Å². The van der Waals surface area contributed by atoms with E-state index in [1.807, 2.05) is 6.07 Å². The van der Waals surface area contributed by atoms with E-state index in [2.05, 4.69) is 14.9 Å². The molecule has 0 atom stereocenters. The molecular formula is C11H10ClN5O2S. The average molecular weight is 312 g/mol. The van der Waals surface area contributed by atoms with Gasteiger partial charge in [-0.3, -0.25) is 0 Å². The van der Waals surface area contributed by atoms with Crippen LogP contribution in [0.3, 0.4) is 0 Å². The molecular weight excluding hydrogens is 302 g/mol. The molecule has 0 saturated heterocycles.